The molecule has 0 heterocycles. The van der Waals surface area contributed by atoms with E-state index < -0.39 is 10.1 Å². The molecule has 3 nitrogen and oxygen atoms in total. The average Bonchev–Trinajstić information content (AvgIpc) is 2.04. The lowest BCUT2D eigenvalue weighted by atomic mass is 10.1. The highest BCUT2D eigenvalue weighted by atomic mass is 32.2. The molecule has 1 aromatic rings. The Kier molecular flexibility index (Phi) is 3.06. The fourth-order valence-corrected chi connectivity index (χ4v) is 1.60. The molecule has 0 aliphatic heterocycles. The van der Waals surface area contributed by atoms with Gasteiger partial charge in [0.25, 0.3) is 10.1 Å². The van der Waals surface area contributed by atoms with Crippen molar-refractivity contribution >= 4 is 10.1 Å². The Balaban J connectivity index is 2.94. The molecule has 0 fully saturated rings. The largest absolute Gasteiger partial charge is 0.294 e. The van der Waals surface area contributed by atoms with Crippen LogP contribution in [0.2, 0.25) is 0 Å². The van der Waals surface area contributed by atoms with Crippen LogP contribution in [0.25, 0.3) is 0 Å². The lowest BCUT2D eigenvalue weighted by Crippen LogP contribution is -1.97. The van der Waals surface area contributed by atoms with Gasteiger partial charge in [-0.15, -0.1) is 0 Å². The predicted octanol–water partition coefficient (Wildman–Crippen LogP) is 1.89. The summed E-state index contributed by atoms with van der Waals surface area (Å²) in [6.07, 6.45) is 1.94. The molecular weight excluding hydrogens is 188 g/mol. The summed E-state index contributed by atoms with van der Waals surface area (Å²) in [6.45, 7) is 2.05. The van der Waals surface area contributed by atoms with Crippen molar-refractivity contribution in [3.8, 4) is 0 Å². The van der Waals surface area contributed by atoms with Crippen molar-refractivity contribution in [1.29, 1.82) is 0 Å². The van der Waals surface area contributed by atoms with E-state index >= 15 is 0 Å². The summed E-state index contributed by atoms with van der Waals surface area (Å²) in [6, 6.07) is 6.26. The molecule has 0 aliphatic rings. The molecule has 0 aliphatic carbocycles. The van der Waals surface area contributed by atoms with Crippen molar-refractivity contribution in [2.75, 3.05) is 0 Å². The van der Waals surface area contributed by atoms with E-state index in [4.69, 9.17) is 4.55 Å². The highest BCUT2D eigenvalue weighted by Gasteiger charge is 2.07. The molecule has 1 aromatic carbocycles. The Morgan fingerprint density at radius 3 is 2.15 bits per heavy atom. The summed E-state index contributed by atoms with van der Waals surface area (Å²) in [5.41, 5.74) is 1.08. The van der Waals surface area contributed by atoms with E-state index in [2.05, 4.69) is 6.92 Å². The van der Waals surface area contributed by atoms with Gasteiger partial charge in [0, 0.05) is 0 Å². The molecule has 0 saturated heterocycles. The van der Waals surface area contributed by atoms with Crippen molar-refractivity contribution < 1.29 is 13.0 Å². The number of rotatable bonds is 3. The fourth-order valence-electron chi connectivity index (χ4n) is 1.12. The van der Waals surface area contributed by atoms with Crippen LogP contribution < -0.4 is 0 Å². The first-order valence-corrected chi connectivity index (χ1v) is 5.54. The number of hydrogen-bond donors (Lipinski definition) is 1. The molecule has 72 valence electrons. The maximum Gasteiger partial charge on any atom is 0.294 e. The highest BCUT2D eigenvalue weighted by Crippen LogP contribution is 2.10. The van der Waals surface area contributed by atoms with E-state index in [-0.39, 0.29) is 4.90 Å². The van der Waals surface area contributed by atoms with Gasteiger partial charge in [-0.1, -0.05) is 25.5 Å². The lowest BCUT2D eigenvalue weighted by Gasteiger charge is -1.99. The molecule has 13 heavy (non-hydrogen) atoms. The Labute approximate surface area is 78.2 Å². The number of aryl methyl sites for hydroxylation is 1. The fraction of sp³-hybridized carbons (Fsp3) is 0.333. The smallest absolute Gasteiger partial charge is 0.282 e. The third-order valence-corrected chi connectivity index (χ3v) is 2.63. The maximum absolute atomic E-state index is 10.7. The van der Waals surface area contributed by atoms with Crippen LogP contribution in [0.3, 0.4) is 0 Å². The van der Waals surface area contributed by atoms with Crippen LogP contribution in [0.1, 0.15) is 18.9 Å². The van der Waals surface area contributed by atoms with Gasteiger partial charge in [0.05, 0.1) is 4.90 Å². The first-order valence-electron chi connectivity index (χ1n) is 4.10. The Bertz CT molecular complexity index is 364. The SMILES string of the molecule is CCCc1ccc(S(=O)(=O)O)cc1. The summed E-state index contributed by atoms with van der Waals surface area (Å²) in [7, 11) is -4.03. The van der Waals surface area contributed by atoms with E-state index in [9.17, 15) is 8.42 Å². The van der Waals surface area contributed by atoms with E-state index in [0.29, 0.717) is 0 Å². The van der Waals surface area contributed by atoms with Gasteiger partial charge in [0.15, 0.2) is 0 Å². The zero-order chi connectivity index (χ0) is 9.90. The van der Waals surface area contributed by atoms with Crippen molar-refractivity contribution in [2.45, 2.75) is 24.7 Å². The summed E-state index contributed by atoms with van der Waals surface area (Å²) in [5.74, 6) is 0. The zero-order valence-electron chi connectivity index (χ0n) is 7.40. The second-order valence-electron chi connectivity index (χ2n) is 2.87. The van der Waals surface area contributed by atoms with Gasteiger partial charge in [0.1, 0.15) is 0 Å². The Morgan fingerprint density at radius 1 is 1.23 bits per heavy atom. The molecule has 0 radical (unpaired) electrons. The van der Waals surface area contributed by atoms with Crippen molar-refractivity contribution in [3.05, 3.63) is 29.8 Å². The number of hydrogen-bond acceptors (Lipinski definition) is 2. The normalized spacial score (nSPS) is 11.5. The zero-order valence-corrected chi connectivity index (χ0v) is 8.21. The van der Waals surface area contributed by atoms with Crippen LogP contribution in [0.4, 0.5) is 0 Å². The molecular formula is C9H12O3S. The third kappa shape index (κ3) is 2.82. The van der Waals surface area contributed by atoms with Gasteiger partial charge in [0.2, 0.25) is 0 Å². The van der Waals surface area contributed by atoms with Crippen molar-refractivity contribution in [1.82, 2.24) is 0 Å². The highest BCUT2D eigenvalue weighted by molar-refractivity contribution is 7.85. The van der Waals surface area contributed by atoms with E-state index in [0.717, 1.165) is 18.4 Å². The predicted molar refractivity (Wildman–Crippen MR) is 50.3 cm³/mol. The van der Waals surface area contributed by atoms with Gasteiger partial charge in [-0.3, -0.25) is 4.55 Å². The summed E-state index contributed by atoms with van der Waals surface area (Å²) in [4.78, 5) is -0.0487. The third-order valence-electron chi connectivity index (χ3n) is 1.76. The van der Waals surface area contributed by atoms with Crippen molar-refractivity contribution in [3.63, 3.8) is 0 Å². The Hall–Kier alpha value is -0.870. The Morgan fingerprint density at radius 2 is 1.77 bits per heavy atom. The van der Waals surface area contributed by atoms with Gasteiger partial charge >= 0.3 is 0 Å². The molecule has 0 unspecified atom stereocenters. The number of benzene rings is 1. The van der Waals surface area contributed by atoms with Crippen LogP contribution in [0.5, 0.6) is 0 Å². The lowest BCUT2D eigenvalue weighted by molar-refractivity contribution is 0.483. The van der Waals surface area contributed by atoms with Crippen LogP contribution in [0, 0.1) is 0 Å². The quantitative estimate of drug-likeness (QED) is 0.758. The second kappa shape index (κ2) is 3.89. The van der Waals surface area contributed by atoms with Crippen LogP contribution in [-0.4, -0.2) is 13.0 Å². The average molecular weight is 200 g/mol. The van der Waals surface area contributed by atoms with E-state index in [1.54, 1.807) is 12.1 Å². The minimum absolute atomic E-state index is 0.0487. The van der Waals surface area contributed by atoms with Gasteiger partial charge < -0.3 is 0 Å². The summed E-state index contributed by atoms with van der Waals surface area (Å²) >= 11 is 0. The molecule has 0 atom stereocenters. The summed E-state index contributed by atoms with van der Waals surface area (Å²) in [5, 5.41) is 0. The minimum Gasteiger partial charge on any atom is -0.282 e. The van der Waals surface area contributed by atoms with Gasteiger partial charge in [-0.05, 0) is 24.1 Å². The van der Waals surface area contributed by atoms with Crippen LogP contribution in [-0.2, 0) is 16.5 Å². The topological polar surface area (TPSA) is 54.4 Å². The molecule has 0 saturated carbocycles. The maximum atomic E-state index is 10.7. The monoisotopic (exact) mass is 200 g/mol. The summed E-state index contributed by atoms with van der Waals surface area (Å²) < 4.78 is 30.0. The molecule has 0 spiro atoms. The first-order chi connectivity index (χ1) is 6.04. The van der Waals surface area contributed by atoms with E-state index in [1.807, 2.05) is 0 Å². The first kappa shape index (κ1) is 10.2. The van der Waals surface area contributed by atoms with Crippen molar-refractivity contribution in [2.24, 2.45) is 0 Å². The van der Waals surface area contributed by atoms with Crippen LogP contribution in [0.15, 0.2) is 29.2 Å². The minimum atomic E-state index is -4.03. The van der Waals surface area contributed by atoms with E-state index in [1.165, 1.54) is 12.1 Å². The van der Waals surface area contributed by atoms with Gasteiger partial charge in [-0.25, -0.2) is 0 Å². The van der Waals surface area contributed by atoms with Gasteiger partial charge in [-0.2, -0.15) is 8.42 Å². The molecule has 1 rings (SSSR count). The second-order valence-corrected chi connectivity index (χ2v) is 4.29. The standard InChI is InChI=1S/C9H12O3S/c1-2-3-8-4-6-9(7-5-8)13(10,11)12/h4-7H,2-3H2,1H3,(H,10,11,12). The molecule has 0 amide bonds. The molecule has 4 heteroatoms. The molecule has 0 aromatic heterocycles. The molecule has 0 bridgehead atoms. The van der Waals surface area contributed by atoms with Crippen LogP contribution >= 0.6 is 0 Å². The molecule has 1 N–H and O–H groups in total.